The van der Waals surface area contributed by atoms with Crippen molar-refractivity contribution in [2.45, 2.75) is 42.6 Å². The molecule has 2 atom stereocenters. The van der Waals surface area contributed by atoms with Crippen LogP contribution in [0, 0.1) is 0 Å². The number of piperidine rings is 1. The first kappa shape index (κ1) is 11.3. The Morgan fingerprint density at radius 1 is 1.41 bits per heavy atom. The molecule has 0 radical (unpaired) electrons. The lowest BCUT2D eigenvalue weighted by Gasteiger charge is -2.37. The largest absolute Gasteiger partial charge is 0.331 e. The van der Waals surface area contributed by atoms with Crippen molar-refractivity contribution in [1.82, 2.24) is 14.7 Å². The third-order valence-electron chi connectivity index (χ3n) is 3.95. The van der Waals surface area contributed by atoms with Crippen LogP contribution in [-0.2, 0) is 7.05 Å². The van der Waals surface area contributed by atoms with E-state index in [0.717, 1.165) is 25.7 Å². The summed E-state index contributed by atoms with van der Waals surface area (Å²) in [6.07, 6.45) is 6.15. The van der Waals surface area contributed by atoms with Gasteiger partial charge in [-0.15, -0.1) is 0 Å². The second-order valence-corrected chi connectivity index (χ2v) is 6.30. The zero-order valence-corrected chi connectivity index (χ0v) is 11.4. The minimum atomic E-state index is 0.150. The highest BCUT2D eigenvalue weighted by atomic mass is 79.9. The Hall–Kier alpha value is -0.840. The van der Waals surface area contributed by atoms with Crippen LogP contribution >= 0.6 is 15.9 Å². The summed E-state index contributed by atoms with van der Waals surface area (Å²) < 4.78 is 1.67. The van der Waals surface area contributed by atoms with Gasteiger partial charge in [-0.1, -0.05) is 15.9 Å². The molecule has 4 nitrogen and oxygen atoms in total. The van der Waals surface area contributed by atoms with Crippen LogP contribution in [-0.4, -0.2) is 37.5 Å². The molecule has 0 N–H and O–H groups in total. The number of aryl methyl sites for hydroxylation is 1. The molecule has 1 amide bonds. The average Bonchev–Trinajstić information content (AvgIpc) is 2.81. The van der Waals surface area contributed by atoms with Crippen LogP contribution in [0.4, 0.5) is 0 Å². The topological polar surface area (TPSA) is 38.1 Å². The smallest absolute Gasteiger partial charge is 0.272 e. The average molecular weight is 298 g/mol. The van der Waals surface area contributed by atoms with Crippen molar-refractivity contribution in [2.75, 3.05) is 0 Å². The van der Waals surface area contributed by atoms with E-state index in [2.05, 4.69) is 25.9 Å². The van der Waals surface area contributed by atoms with Gasteiger partial charge in [0.05, 0.1) is 0 Å². The molecule has 0 aliphatic carbocycles. The van der Waals surface area contributed by atoms with E-state index in [1.165, 1.54) is 0 Å². The van der Waals surface area contributed by atoms with Gasteiger partial charge in [-0.25, -0.2) is 0 Å². The molecular formula is C12H16BrN3O. The summed E-state index contributed by atoms with van der Waals surface area (Å²) in [6.45, 7) is 0. The van der Waals surface area contributed by atoms with Gasteiger partial charge in [0.25, 0.3) is 5.91 Å². The number of rotatable bonds is 1. The lowest BCUT2D eigenvalue weighted by atomic mass is 10.0. The number of nitrogens with zero attached hydrogens (tertiary/aromatic N) is 3. The van der Waals surface area contributed by atoms with Crippen LogP contribution in [0.25, 0.3) is 0 Å². The van der Waals surface area contributed by atoms with E-state index < -0.39 is 0 Å². The van der Waals surface area contributed by atoms with E-state index in [1.807, 2.05) is 13.1 Å². The number of halogens is 1. The van der Waals surface area contributed by atoms with Gasteiger partial charge in [0.1, 0.15) is 5.69 Å². The fraction of sp³-hybridized carbons (Fsp3) is 0.667. The van der Waals surface area contributed by atoms with Crippen LogP contribution in [0.15, 0.2) is 12.3 Å². The molecule has 2 aliphatic rings. The van der Waals surface area contributed by atoms with Gasteiger partial charge in [0.15, 0.2) is 0 Å². The molecule has 2 fully saturated rings. The van der Waals surface area contributed by atoms with Crippen LogP contribution in [0.1, 0.15) is 36.2 Å². The van der Waals surface area contributed by atoms with Gasteiger partial charge in [-0.05, 0) is 31.7 Å². The number of amides is 1. The normalized spacial score (nSPS) is 31.9. The molecule has 17 heavy (non-hydrogen) atoms. The quantitative estimate of drug-likeness (QED) is 0.743. The lowest BCUT2D eigenvalue weighted by molar-refractivity contribution is 0.0592. The molecular weight excluding hydrogens is 282 g/mol. The number of fused-ring (bicyclic) bond motifs is 2. The van der Waals surface area contributed by atoms with Crippen LogP contribution in [0.2, 0.25) is 0 Å². The van der Waals surface area contributed by atoms with Crippen molar-refractivity contribution in [2.24, 2.45) is 7.05 Å². The number of hydrogen-bond donors (Lipinski definition) is 0. The Kier molecular flexibility index (Phi) is 2.73. The maximum Gasteiger partial charge on any atom is 0.272 e. The van der Waals surface area contributed by atoms with Crippen molar-refractivity contribution in [3.8, 4) is 0 Å². The predicted molar refractivity (Wildman–Crippen MR) is 68.1 cm³/mol. The molecule has 3 rings (SSSR count). The highest BCUT2D eigenvalue weighted by molar-refractivity contribution is 9.09. The molecule has 0 saturated carbocycles. The van der Waals surface area contributed by atoms with E-state index in [4.69, 9.17) is 0 Å². The van der Waals surface area contributed by atoms with Crippen molar-refractivity contribution >= 4 is 21.8 Å². The highest BCUT2D eigenvalue weighted by Gasteiger charge is 2.43. The predicted octanol–water partition coefficient (Wildman–Crippen LogP) is 1.95. The Labute approximate surface area is 109 Å². The number of carbonyl (C=O) groups excluding carboxylic acids is 1. The standard InChI is InChI=1S/C12H16BrN3O/c1-15-11(4-5-14-15)12(17)16-9-2-3-10(16)7-8(13)6-9/h4-5,8-10H,2-3,6-7H2,1H3. The Morgan fingerprint density at radius 2 is 2.06 bits per heavy atom. The molecule has 0 aromatic carbocycles. The molecule has 2 aliphatic heterocycles. The second kappa shape index (κ2) is 4.12. The molecule has 3 heterocycles. The Morgan fingerprint density at radius 3 is 2.59 bits per heavy atom. The maximum atomic E-state index is 12.5. The molecule has 92 valence electrons. The second-order valence-electron chi connectivity index (χ2n) is 5.01. The summed E-state index contributed by atoms with van der Waals surface area (Å²) in [7, 11) is 1.83. The molecule has 1 aromatic rings. The summed E-state index contributed by atoms with van der Waals surface area (Å²) >= 11 is 3.69. The number of aromatic nitrogens is 2. The summed E-state index contributed by atoms with van der Waals surface area (Å²) in [4.78, 5) is 15.2. The lowest BCUT2D eigenvalue weighted by Crippen LogP contribution is -2.47. The third kappa shape index (κ3) is 1.80. The van der Waals surface area contributed by atoms with Crippen molar-refractivity contribution in [3.05, 3.63) is 18.0 Å². The minimum Gasteiger partial charge on any atom is -0.331 e. The fourth-order valence-corrected chi connectivity index (χ4v) is 4.02. The number of alkyl halides is 1. The molecule has 5 heteroatoms. The summed E-state index contributed by atoms with van der Waals surface area (Å²) in [5, 5.41) is 4.08. The van der Waals surface area contributed by atoms with E-state index in [-0.39, 0.29) is 5.91 Å². The van der Waals surface area contributed by atoms with Crippen molar-refractivity contribution < 1.29 is 4.79 Å². The van der Waals surface area contributed by atoms with E-state index in [9.17, 15) is 4.79 Å². The van der Waals surface area contributed by atoms with Crippen LogP contribution < -0.4 is 0 Å². The van der Waals surface area contributed by atoms with Crippen molar-refractivity contribution in [1.29, 1.82) is 0 Å². The van der Waals surface area contributed by atoms with Gasteiger partial charge in [-0.3, -0.25) is 9.48 Å². The molecule has 0 spiro atoms. The minimum absolute atomic E-state index is 0.150. The molecule has 2 saturated heterocycles. The fourth-order valence-electron chi connectivity index (χ4n) is 3.16. The first-order valence-electron chi connectivity index (χ1n) is 6.11. The van der Waals surface area contributed by atoms with Crippen LogP contribution in [0.3, 0.4) is 0 Å². The zero-order chi connectivity index (χ0) is 12.0. The Balaban J connectivity index is 1.86. The summed E-state index contributed by atoms with van der Waals surface area (Å²) in [6, 6.07) is 2.64. The van der Waals surface area contributed by atoms with Gasteiger partial charge in [-0.2, -0.15) is 5.10 Å². The van der Waals surface area contributed by atoms with Gasteiger partial charge in [0.2, 0.25) is 0 Å². The monoisotopic (exact) mass is 297 g/mol. The van der Waals surface area contributed by atoms with Crippen molar-refractivity contribution in [3.63, 3.8) is 0 Å². The first-order valence-corrected chi connectivity index (χ1v) is 7.03. The number of hydrogen-bond acceptors (Lipinski definition) is 2. The first-order chi connectivity index (χ1) is 8.16. The highest BCUT2D eigenvalue weighted by Crippen LogP contribution is 2.39. The van der Waals surface area contributed by atoms with E-state index in [1.54, 1.807) is 10.9 Å². The molecule has 2 bridgehead atoms. The van der Waals surface area contributed by atoms with Gasteiger partial charge >= 0.3 is 0 Å². The SMILES string of the molecule is Cn1nccc1C(=O)N1C2CCC1CC(Br)C2. The van der Waals surface area contributed by atoms with Gasteiger partial charge < -0.3 is 4.90 Å². The summed E-state index contributed by atoms with van der Waals surface area (Å²) in [5.74, 6) is 0.150. The number of carbonyl (C=O) groups is 1. The maximum absolute atomic E-state index is 12.5. The molecule has 1 aromatic heterocycles. The van der Waals surface area contributed by atoms with Gasteiger partial charge in [0, 0.05) is 30.2 Å². The Bertz CT molecular complexity index is 431. The van der Waals surface area contributed by atoms with E-state index in [0.29, 0.717) is 22.6 Å². The van der Waals surface area contributed by atoms with E-state index >= 15 is 0 Å². The van der Waals surface area contributed by atoms with Crippen LogP contribution in [0.5, 0.6) is 0 Å². The molecule has 2 unspecified atom stereocenters. The third-order valence-corrected chi connectivity index (χ3v) is 4.70. The summed E-state index contributed by atoms with van der Waals surface area (Å²) in [5.41, 5.74) is 0.704. The zero-order valence-electron chi connectivity index (χ0n) is 9.84.